The molecule has 2 aromatic rings. The standard InChI is InChI=1S/C19H21ClN2O5S/c1-14(27-17-6-2-15(20)3-7-17)19(23)21-16-4-8-18(9-5-16)28(24,25)22-10-12-26-13-11-22/h2-9,14H,10-13H2,1H3,(H,21,23)/t14-/m1/s1. The van der Waals surface area contributed by atoms with Crippen LogP contribution in [0.15, 0.2) is 53.4 Å². The lowest BCUT2D eigenvalue weighted by Crippen LogP contribution is -2.40. The summed E-state index contributed by atoms with van der Waals surface area (Å²) >= 11 is 5.83. The van der Waals surface area contributed by atoms with Gasteiger partial charge in [0.15, 0.2) is 6.10 Å². The topological polar surface area (TPSA) is 84.9 Å². The summed E-state index contributed by atoms with van der Waals surface area (Å²) in [6.07, 6.45) is -0.738. The lowest BCUT2D eigenvalue weighted by molar-refractivity contribution is -0.122. The van der Waals surface area contributed by atoms with Crippen LogP contribution in [0.3, 0.4) is 0 Å². The van der Waals surface area contributed by atoms with Crippen molar-refractivity contribution in [2.75, 3.05) is 31.6 Å². The molecule has 1 N–H and O–H groups in total. The quantitative estimate of drug-likeness (QED) is 0.770. The van der Waals surface area contributed by atoms with Gasteiger partial charge in [-0.1, -0.05) is 11.6 Å². The second-order valence-corrected chi connectivity index (χ2v) is 8.62. The van der Waals surface area contributed by atoms with Crippen LogP contribution in [0.25, 0.3) is 0 Å². The zero-order valence-electron chi connectivity index (χ0n) is 15.3. The number of ether oxygens (including phenoxy) is 2. The maximum absolute atomic E-state index is 12.6. The number of hydrogen-bond acceptors (Lipinski definition) is 5. The first-order chi connectivity index (χ1) is 13.4. The highest BCUT2D eigenvalue weighted by atomic mass is 35.5. The van der Waals surface area contributed by atoms with E-state index in [0.717, 1.165) is 0 Å². The van der Waals surface area contributed by atoms with Crippen molar-refractivity contribution in [1.29, 1.82) is 0 Å². The third-order valence-corrected chi connectivity index (χ3v) is 6.39. The van der Waals surface area contributed by atoms with E-state index in [1.807, 2.05) is 0 Å². The van der Waals surface area contributed by atoms with Crippen LogP contribution in [-0.2, 0) is 19.6 Å². The highest BCUT2D eigenvalue weighted by Gasteiger charge is 2.26. The molecule has 1 aliphatic heterocycles. The fourth-order valence-electron chi connectivity index (χ4n) is 2.66. The fourth-order valence-corrected chi connectivity index (χ4v) is 4.19. The molecule has 2 aromatic carbocycles. The molecule has 0 unspecified atom stereocenters. The third-order valence-electron chi connectivity index (χ3n) is 4.23. The molecule has 1 aliphatic rings. The van der Waals surface area contributed by atoms with Crippen LogP contribution in [0.2, 0.25) is 5.02 Å². The average molecular weight is 425 g/mol. The van der Waals surface area contributed by atoms with Gasteiger partial charge in [-0.25, -0.2) is 8.42 Å². The van der Waals surface area contributed by atoms with E-state index in [9.17, 15) is 13.2 Å². The second kappa shape index (κ2) is 8.91. The largest absolute Gasteiger partial charge is 0.481 e. The van der Waals surface area contributed by atoms with Gasteiger partial charge in [0.05, 0.1) is 18.1 Å². The SMILES string of the molecule is C[C@@H](Oc1ccc(Cl)cc1)C(=O)Nc1ccc(S(=O)(=O)N2CCOCC2)cc1. The molecule has 0 saturated carbocycles. The van der Waals surface area contributed by atoms with Gasteiger partial charge in [0, 0.05) is 23.8 Å². The molecule has 9 heteroatoms. The monoisotopic (exact) mass is 424 g/mol. The van der Waals surface area contributed by atoms with Gasteiger partial charge < -0.3 is 14.8 Å². The van der Waals surface area contributed by atoms with E-state index in [4.69, 9.17) is 21.1 Å². The molecule has 0 spiro atoms. The lowest BCUT2D eigenvalue weighted by atomic mass is 10.3. The maximum atomic E-state index is 12.6. The molecule has 3 rings (SSSR count). The molecule has 1 saturated heterocycles. The molecule has 1 atom stereocenters. The summed E-state index contributed by atoms with van der Waals surface area (Å²) in [6.45, 7) is 3.07. The minimum Gasteiger partial charge on any atom is -0.481 e. The number of carbonyl (C=O) groups is 1. The normalized spacial score (nSPS) is 16.4. The average Bonchev–Trinajstić information content (AvgIpc) is 2.70. The number of hydrogen-bond donors (Lipinski definition) is 1. The predicted molar refractivity (Wildman–Crippen MR) is 106 cm³/mol. The number of anilines is 1. The molecule has 150 valence electrons. The Morgan fingerprint density at radius 2 is 1.71 bits per heavy atom. The van der Waals surface area contributed by atoms with Crippen molar-refractivity contribution < 1.29 is 22.7 Å². The first-order valence-electron chi connectivity index (χ1n) is 8.77. The van der Waals surface area contributed by atoms with E-state index >= 15 is 0 Å². The highest BCUT2D eigenvalue weighted by Crippen LogP contribution is 2.20. The number of nitrogens with one attached hydrogen (secondary N) is 1. The Bertz CT molecular complexity index is 910. The third kappa shape index (κ3) is 5.02. The predicted octanol–water partition coefficient (Wildman–Crippen LogP) is 2.77. The van der Waals surface area contributed by atoms with Gasteiger partial charge in [-0.05, 0) is 55.5 Å². The number of benzene rings is 2. The summed E-state index contributed by atoms with van der Waals surface area (Å²) in [5.74, 6) is 0.178. The number of sulfonamides is 1. The zero-order chi connectivity index (χ0) is 20.1. The van der Waals surface area contributed by atoms with Crippen molar-refractivity contribution in [3.05, 3.63) is 53.6 Å². The molecule has 1 amide bonds. The van der Waals surface area contributed by atoms with Crippen LogP contribution in [0.4, 0.5) is 5.69 Å². The lowest BCUT2D eigenvalue weighted by Gasteiger charge is -2.26. The van der Waals surface area contributed by atoms with E-state index in [1.165, 1.54) is 16.4 Å². The molecule has 1 heterocycles. The van der Waals surface area contributed by atoms with Crippen LogP contribution in [0.1, 0.15) is 6.92 Å². The van der Waals surface area contributed by atoms with E-state index in [2.05, 4.69) is 5.32 Å². The van der Waals surface area contributed by atoms with Crippen LogP contribution in [0.5, 0.6) is 5.75 Å². The van der Waals surface area contributed by atoms with Gasteiger partial charge >= 0.3 is 0 Å². The van der Waals surface area contributed by atoms with Gasteiger partial charge in [-0.3, -0.25) is 4.79 Å². The summed E-state index contributed by atoms with van der Waals surface area (Å²) in [5, 5.41) is 3.29. The molecule has 1 fully saturated rings. The molecule has 7 nitrogen and oxygen atoms in total. The molecule has 28 heavy (non-hydrogen) atoms. The van der Waals surface area contributed by atoms with Crippen molar-refractivity contribution in [1.82, 2.24) is 4.31 Å². The van der Waals surface area contributed by atoms with Crippen molar-refractivity contribution in [3.63, 3.8) is 0 Å². The van der Waals surface area contributed by atoms with Gasteiger partial charge in [0.1, 0.15) is 5.75 Å². The first-order valence-corrected chi connectivity index (χ1v) is 10.6. The molecular formula is C19H21ClN2O5S. The van der Waals surface area contributed by atoms with Crippen molar-refractivity contribution in [2.45, 2.75) is 17.9 Å². The molecule has 0 aromatic heterocycles. The second-order valence-electron chi connectivity index (χ2n) is 6.24. The van der Waals surface area contributed by atoms with E-state index in [0.29, 0.717) is 42.8 Å². The van der Waals surface area contributed by atoms with Crippen molar-refractivity contribution in [3.8, 4) is 5.75 Å². The summed E-state index contributed by atoms with van der Waals surface area (Å²) in [7, 11) is -3.56. The van der Waals surface area contributed by atoms with Crippen LogP contribution in [-0.4, -0.2) is 51.0 Å². The number of amides is 1. The summed E-state index contributed by atoms with van der Waals surface area (Å²) in [6, 6.07) is 12.8. The number of nitrogens with zero attached hydrogens (tertiary/aromatic N) is 1. The number of morpholine rings is 1. The van der Waals surface area contributed by atoms with Crippen LogP contribution >= 0.6 is 11.6 Å². The molecule has 0 radical (unpaired) electrons. The van der Waals surface area contributed by atoms with Gasteiger partial charge in [-0.2, -0.15) is 4.31 Å². The highest BCUT2D eigenvalue weighted by molar-refractivity contribution is 7.89. The summed E-state index contributed by atoms with van der Waals surface area (Å²) < 4.78 is 37.4. The van der Waals surface area contributed by atoms with Crippen molar-refractivity contribution in [2.24, 2.45) is 0 Å². The van der Waals surface area contributed by atoms with E-state index in [-0.39, 0.29) is 10.8 Å². The molecule has 0 aliphatic carbocycles. The van der Waals surface area contributed by atoms with E-state index in [1.54, 1.807) is 43.3 Å². The Morgan fingerprint density at radius 1 is 1.11 bits per heavy atom. The van der Waals surface area contributed by atoms with Crippen LogP contribution in [0, 0.1) is 0 Å². The minimum absolute atomic E-state index is 0.179. The molecular weight excluding hydrogens is 404 g/mol. The summed E-state index contributed by atoms with van der Waals surface area (Å²) in [4.78, 5) is 12.5. The Morgan fingerprint density at radius 3 is 2.32 bits per heavy atom. The van der Waals surface area contributed by atoms with Gasteiger partial charge in [0.25, 0.3) is 5.91 Å². The number of halogens is 1. The fraction of sp³-hybridized carbons (Fsp3) is 0.316. The van der Waals surface area contributed by atoms with Crippen LogP contribution < -0.4 is 10.1 Å². The Hall–Kier alpha value is -2.13. The smallest absolute Gasteiger partial charge is 0.265 e. The van der Waals surface area contributed by atoms with Crippen molar-refractivity contribution >= 4 is 33.2 Å². The Balaban J connectivity index is 1.61. The first kappa shape index (κ1) is 20.6. The van der Waals surface area contributed by atoms with Gasteiger partial charge in [0.2, 0.25) is 10.0 Å². The Labute approximate surface area is 169 Å². The molecule has 0 bridgehead atoms. The zero-order valence-corrected chi connectivity index (χ0v) is 16.9. The maximum Gasteiger partial charge on any atom is 0.265 e. The minimum atomic E-state index is -3.56. The van der Waals surface area contributed by atoms with Gasteiger partial charge in [-0.15, -0.1) is 0 Å². The van der Waals surface area contributed by atoms with E-state index < -0.39 is 16.1 Å². The number of rotatable bonds is 6. The Kier molecular flexibility index (Phi) is 6.56. The summed E-state index contributed by atoms with van der Waals surface area (Å²) in [5.41, 5.74) is 0.484. The number of carbonyl (C=O) groups excluding carboxylic acids is 1.